The Bertz CT molecular complexity index is 1200. The summed E-state index contributed by atoms with van der Waals surface area (Å²) >= 11 is 0. The summed E-state index contributed by atoms with van der Waals surface area (Å²) in [5.41, 5.74) is 0. The number of carbonyl (C=O) groups excluding carboxylic acids is 3. The van der Waals surface area contributed by atoms with Gasteiger partial charge in [0.2, 0.25) is 0 Å². The minimum atomic E-state index is -1.62. The third kappa shape index (κ3) is 53.6. The predicted octanol–water partition coefficient (Wildman–Crippen LogP) is 16.2. The number of rotatable bonds is 56. The molecular formula is C61H115NO8. The minimum absolute atomic E-state index is 0.147. The number of hydrogen-bond donors (Lipinski definition) is 0. The molecule has 0 aromatic rings. The third-order valence-electron chi connectivity index (χ3n) is 13.5. The molecule has 0 spiro atoms. The van der Waals surface area contributed by atoms with Gasteiger partial charge in [-0.3, -0.25) is 9.59 Å². The quantitative estimate of drug-likeness (QED) is 0.0195. The molecule has 0 heterocycles. The zero-order chi connectivity index (χ0) is 51.3. The van der Waals surface area contributed by atoms with Crippen LogP contribution in [0, 0.1) is 0 Å². The van der Waals surface area contributed by atoms with Gasteiger partial charge in [0.15, 0.2) is 12.4 Å². The maximum Gasteiger partial charge on any atom is 0.306 e. The van der Waals surface area contributed by atoms with Crippen molar-refractivity contribution in [2.75, 3.05) is 47.5 Å². The van der Waals surface area contributed by atoms with Gasteiger partial charge in [-0.1, -0.05) is 263 Å². The minimum Gasteiger partial charge on any atom is -0.545 e. The maximum absolute atomic E-state index is 12.8. The molecule has 2 unspecified atom stereocenters. The maximum atomic E-state index is 12.8. The van der Waals surface area contributed by atoms with Crippen molar-refractivity contribution >= 4 is 17.9 Å². The lowest BCUT2D eigenvalue weighted by Gasteiger charge is -2.26. The summed E-state index contributed by atoms with van der Waals surface area (Å²) in [6, 6.07) is 0. The van der Waals surface area contributed by atoms with Crippen LogP contribution in [-0.2, 0) is 33.3 Å². The largest absolute Gasteiger partial charge is 0.545 e. The summed E-state index contributed by atoms with van der Waals surface area (Å²) < 4.78 is 22.7. The zero-order valence-corrected chi connectivity index (χ0v) is 46.9. The van der Waals surface area contributed by atoms with E-state index in [4.69, 9.17) is 18.9 Å². The van der Waals surface area contributed by atoms with E-state index in [-0.39, 0.29) is 32.2 Å². The van der Waals surface area contributed by atoms with Crippen LogP contribution in [0.25, 0.3) is 0 Å². The van der Waals surface area contributed by atoms with Crippen LogP contribution in [0.2, 0.25) is 0 Å². The first-order valence-electron chi connectivity index (χ1n) is 30.0. The van der Waals surface area contributed by atoms with E-state index in [1.54, 1.807) is 0 Å². The van der Waals surface area contributed by atoms with E-state index in [9.17, 15) is 19.5 Å². The van der Waals surface area contributed by atoms with Gasteiger partial charge in [-0.25, -0.2) is 0 Å². The topological polar surface area (TPSA) is 111 Å². The Hall–Kier alpha value is -2.23. The third-order valence-corrected chi connectivity index (χ3v) is 13.5. The molecule has 9 heteroatoms. The van der Waals surface area contributed by atoms with Crippen molar-refractivity contribution in [2.24, 2.45) is 0 Å². The lowest BCUT2D eigenvalue weighted by Crippen LogP contribution is -2.44. The molecule has 0 radical (unpaired) electrons. The molecule has 0 saturated heterocycles. The molecule has 0 aromatic carbocycles. The molecule has 0 fully saturated rings. The van der Waals surface area contributed by atoms with Crippen LogP contribution in [0.15, 0.2) is 24.3 Å². The lowest BCUT2D eigenvalue weighted by atomic mass is 10.0. The van der Waals surface area contributed by atoms with Gasteiger partial charge < -0.3 is 33.3 Å². The van der Waals surface area contributed by atoms with Crippen LogP contribution >= 0.6 is 0 Å². The SMILES string of the molecule is CCCC/C=C\C/C=C\CCCCCCCC(=O)OC(COC(=O)CCCCCCCCCCCCCCCCCCCCCCCCCCCCCCCCC)COC(OCC[N+](C)(C)C)C(=O)[O-]. The summed E-state index contributed by atoms with van der Waals surface area (Å²) in [5.74, 6) is -2.29. The monoisotopic (exact) mass is 990 g/mol. The van der Waals surface area contributed by atoms with Crippen LogP contribution in [0.4, 0.5) is 0 Å². The number of hydrogen-bond acceptors (Lipinski definition) is 8. The average molecular weight is 991 g/mol. The number of aliphatic carboxylic acids is 1. The number of unbranched alkanes of at least 4 members (excludes halogenated alkanes) is 37. The summed E-state index contributed by atoms with van der Waals surface area (Å²) in [6.07, 6.45) is 59.7. The fourth-order valence-electron chi connectivity index (χ4n) is 8.79. The Balaban J connectivity index is 4.04. The molecule has 0 saturated carbocycles. The van der Waals surface area contributed by atoms with Gasteiger partial charge >= 0.3 is 11.9 Å². The van der Waals surface area contributed by atoms with Crippen molar-refractivity contribution in [3.8, 4) is 0 Å². The van der Waals surface area contributed by atoms with E-state index in [0.29, 0.717) is 23.9 Å². The fourth-order valence-corrected chi connectivity index (χ4v) is 8.79. The van der Waals surface area contributed by atoms with E-state index >= 15 is 0 Å². The second-order valence-corrected chi connectivity index (χ2v) is 21.6. The molecule has 0 aliphatic carbocycles. The molecule has 0 aromatic heterocycles. The highest BCUT2D eigenvalue weighted by Gasteiger charge is 2.22. The number of quaternary nitrogens is 1. The second-order valence-electron chi connectivity index (χ2n) is 21.6. The van der Waals surface area contributed by atoms with Crippen LogP contribution in [-0.4, -0.2) is 82.3 Å². The number of carboxylic acid groups (broad SMARTS) is 1. The van der Waals surface area contributed by atoms with Gasteiger partial charge in [-0.2, -0.15) is 0 Å². The highest BCUT2D eigenvalue weighted by atomic mass is 16.7. The van der Waals surface area contributed by atoms with Gasteiger partial charge in [0.05, 0.1) is 40.3 Å². The van der Waals surface area contributed by atoms with Gasteiger partial charge in [-0.15, -0.1) is 0 Å². The summed E-state index contributed by atoms with van der Waals surface area (Å²) in [7, 11) is 5.92. The molecule has 0 aliphatic rings. The first kappa shape index (κ1) is 67.8. The molecule has 9 nitrogen and oxygen atoms in total. The Kier molecular flexibility index (Phi) is 51.4. The van der Waals surface area contributed by atoms with Crippen molar-refractivity contribution in [1.29, 1.82) is 0 Å². The van der Waals surface area contributed by atoms with Crippen molar-refractivity contribution in [3.05, 3.63) is 24.3 Å². The van der Waals surface area contributed by atoms with Gasteiger partial charge in [0.1, 0.15) is 13.2 Å². The zero-order valence-electron chi connectivity index (χ0n) is 46.9. The van der Waals surface area contributed by atoms with E-state index < -0.39 is 24.3 Å². The number of ether oxygens (including phenoxy) is 4. The molecule has 2 atom stereocenters. The standard InChI is InChI=1S/C61H115NO8/c1-6-8-10-12-14-16-18-20-22-23-24-25-26-27-28-29-30-31-32-33-34-35-36-37-38-40-41-43-45-47-49-51-58(63)68-55-57(56-69-61(60(65)66)67-54-53-62(3,4)5)70-59(64)52-50-48-46-44-42-39-21-19-17-15-13-11-9-7-2/h13,15,19,21,57,61H,6-12,14,16-18,20,22-56H2,1-5H3/b15-13-,21-19-. The van der Waals surface area contributed by atoms with Crippen LogP contribution < -0.4 is 5.11 Å². The smallest absolute Gasteiger partial charge is 0.306 e. The number of likely N-dealkylation sites (N-methyl/N-ethyl adjacent to an activating group) is 1. The van der Waals surface area contributed by atoms with E-state index in [0.717, 1.165) is 64.2 Å². The van der Waals surface area contributed by atoms with E-state index in [1.807, 2.05) is 21.1 Å². The van der Waals surface area contributed by atoms with Gasteiger partial charge in [0.25, 0.3) is 0 Å². The molecule has 412 valence electrons. The highest BCUT2D eigenvalue weighted by Crippen LogP contribution is 2.18. The number of allylic oxidation sites excluding steroid dienone is 4. The molecule has 0 N–H and O–H groups in total. The lowest BCUT2D eigenvalue weighted by molar-refractivity contribution is -0.870. The predicted molar refractivity (Wildman–Crippen MR) is 293 cm³/mol. The summed E-state index contributed by atoms with van der Waals surface area (Å²) in [6.45, 7) is 4.73. The molecule has 0 bridgehead atoms. The van der Waals surface area contributed by atoms with Gasteiger partial charge in [0, 0.05) is 12.8 Å². The number of esters is 2. The molecule has 0 aliphatic heterocycles. The first-order valence-corrected chi connectivity index (χ1v) is 30.0. The van der Waals surface area contributed by atoms with Crippen LogP contribution in [0.5, 0.6) is 0 Å². The number of carbonyl (C=O) groups is 3. The summed E-state index contributed by atoms with van der Waals surface area (Å²) in [4.78, 5) is 37.2. The molecule has 0 amide bonds. The van der Waals surface area contributed by atoms with Crippen LogP contribution in [0.1, 0.15) is 290 Å². The Morgan fingerprint density at radius 2 is 0.786 bits per heavy atom. The Morgan fingerprint density at radius 3 is 1.17 bits per heavy atom. The van der Waals surface area contributed by atoms with Gasteiger partial charge in [-0.05, 0) is 38.5 Å². The highest BCUT2D eigenvalue weighted by molar-refractivity contribution is 5.70. The van der Waals surface area contributed by atoms with E-state index in [2.05, 4.69) is 38.2 Å². The second kappa shape index (κ2) is 53.1. The first-order chi connectivity index (χ1) is 34.1. The van der Waals surface area contributed by atoms with Crippen molar-refractivity contribution in [2.45, 2.75) is 302 Å². The van der Waals surface area contributed by atoms with Crippen molar-refractivity contribution in [1.82, 2.24) is 0 Å². The normalized spacial score (nSPS) is 12.9. The van der Waals surface area contributed by atoms with Crippen LogP contribution in [0.3, 0.4) is 0 Å². The average Bonchev–Trinajstić information content (AvgIpc) is 3.33. The van der Waals surface area contributed by atoms with Crippen molar-refractivity contribution in [3.63, 3.8) is 0 Å². The Morgan fingerprint density at radius 1 is 0.429 bits per heavy atom. The van der Waals surface area contributed by atoms with E-state index in [1.165, 1.54) is 193 Å². The number of nitrogens with zero attached hydrogens (tertiary/aromatic N) is 1. The fraction of sp³-hybridized carbons (Fsp3) is 0.885. The summed E-state index contributed by atoms with van der Waals surface area (Å²) in [5, 5.41) is 11.7. The molecule has 70 heavy (non-hydrogen) atoms. The number of carboxylic acids is 1. The Labute approximate surface area is 433 Å². The van der Waals surface area contributed by atoms with Crippen molar-refractivity contribution < 1.29 is 42.9 Å². The molecule has 0 rings (SSSR count). The molecular weight excluding hydrogens is 875 g/mol.